The minimum atomic E-state index is -0.481. The first-order valence-corrected chi connectivity index (χ1v) is 9.82. The van der Waals surface area contributed by atoms with E-state index >= 15 is 0 Å². The average Bonchev–Trinajstić information content (AvgIpc) is 3.43. The number of nitrogens with zero attached hydrogens (tertiary/aromatic N) is 2. The van der Waals surface area contributed by atoms with Crippen LogP contribution < -0.4 is 29.6 Å². The molecule has 162 valence electrons. The van der Waals surface area contributed by atoms with Gasteiger partial charge in [-0.2, -0.15) is 0 Å². The molecule has 1 unspecified atom stereocenters. The van der Waals surface area contributed by atoms with Gasteiger partial charge in [0.15, 0.2) is 11.5 Å². The van der Waals surface area contributed by atoms with Gasteiger partial charge in [0.1, 0.15) is 30.0 Å². The Kier molecular flexibility index (Phi) is 6.11. The summed E-state index contributed by atoms with van der Waals surface area (Å²) in [6, 6.07) is 12.1. The Morgan fingerprint density at radius 1 is 1.23 bits per heavy atom. The molecule has 2 N–H and O–H groups in total. The topological polar surface area (TPSA) is 95.9 Å². The Morgan fingerprint density at radius 2 is 2.06 bits per heavy atom. The molecule has 31 heavy (non-hydrogen) atoms. The van der Waals surface area contributed by atoms with Crippen molar-refractivity contribution in [3.05, 3.63) is 66.2 Å². The summed E-state index contributed by atoms with van der Waals surface area (Å²) in [4.78, 5) is 17.0. The van der Waals surface area contributed by atoms with E-state index in [0.29, 0.717) is 42.0 Å². The van der Waals surface area contributed by atoms with E-state index in [0.717, 1.165) is 5.56 Å². The lowest BCUT2D eigenvalue weighted by atomic mass is 10.0. The second-order valence-electron chi connectivity index (χ2n) is 6.84. The van der Waals surface area contributed by atoms with Crippen molar-refractivity contribution in [1.29, 1.82) is 0 Å². The van der Waals surface area contributed by atoms with Gasteiger partial charge in [0.2, 0.25) is 6.79 Å². The number of fused-ring (bicyclic) bond motifs is 1. The van der Waals surface area contributed by atoms with Crippen molar-refractivity contribution >= 4 is 6.03 Å². The van der Waals surface area contributed by atoms with Gasteiger partial charge in [-0.3, -0.25) is 0 Å². The first kappa shape index (κ1) is 20.4. The molecule has 9 heteroatoms. The Morgan fingerprint density at radius 3 is 2.87 bits per heavy atom. The van der Waals surface area contributed by atoms with Gasteiger partial charge in [0.25, 0.3) is 0 Å². The average molecular weight is 424 g/mol. The summed E-state index contributed by atoms with van der Waals surface area (Å²) in [5.41, 5.74) is 0.811. The normalized spacial score (nSPS) is 12.8. The summed E-state index contributed by atoms with van der Waals surface area (Å²) in [7, 11) is 3.48. The van der Waals surface area contributed by atoms with Crippen LogP contribution in [0.15, 0.2) is 54.9 Å². The molecule has 0 saturated heterocycles. The van der Waals surface area contributed by atoms with Gasteiger partial charge in [-0.25, -0.2) is 9.78 Å². The van der Waals surface area contributed by atoms with Crippen molar-refractivity contribution in [3.63, 3.8) is 0 Å². The summed E-state index contributed by atoms with van der Waals surface area (Å²) in [6.07, 6.45) is 3.52. The van der Waals surface area contributed by atoms with Crippen LogP contribution in [0.4, 0.5) is 4.79 Å². The van der Waals surface area contributed by atoms with Crippen LogP contribution in [0.2, 0.25) is 0 Å². The second kappa shape index (κ2) is 9.29. The molecule has 1 aromatic heterocycles. The first-order chi connectivity index (χ1) is 15.2. The smallest absolute Gasteiger partial charge is 0.315 e. The monoisotopic (exact) mass is 424 g/mol. The highest BCUT2D eigenvalue weighted by molar-refractivity contribution is 5.75. The fourth-order valence-corrected chi connectivity index (χ4v) is 3.32. The third-order valence-corrected chi connectivity index (χ3v) is 4.84. The third kappa shape index (κ3) is 4.66. The number of hydrogen-bond donors (Lipinski definition) is 2. The lowest BCUT2D eigenvalue weighted by Gasteiger charge is -2.21. The number of imidazole rings is 1. The van der Waals surface area contributed by atoms with E-state index in [1.165, 1.54) is 0 Å². The molecule has 0 aliphatic carbocycles. The van der Waals surface area contributed by atoms with Gasteiger partial charge in [-0.05, 0) is 18.2 Å². The van der Waals surface area contributed by atoms with Crippen molar-refractivity contribution in [2.75, 3.05) is 27.1 Å². The van der Waals surface area contributed by atoms with Crippen LogP contribution in [-0.2, 0) is 7.05 Å². The molecule has 3 aromatic rings. The molecule has 0 saturated carbocycles. The van der Waals surface area contributed by atoms with Crippen LogP contribution >= 0.6 is 0 Å². The summed E-state index contributed by atoms with van der Waals surface area (Å²) in [6.45, 7) is 0.832. The molecule has 0 spiro atoms. The SMILES string of the molecule is COc1ccccc1C(NC(=O)NCCOc1ccc2c(c1)OCO2)c1nccn1C. The van der Waals surface area contributed by atoms with Crippen LogP contribution in [0.5, 0.6) is 23.0 Å². The zero-order valence-corrected chi connectivity index (χ0v) is 17.3. The number of urea groups is 1. The number of methoxy groups -OCH3 is 1. The van der Waals surface area contributed by atoms with Crippen LogP contribution in [0.3, 0.4) is 0 Å². The highest BCUT2D eigenvalue weighted by atomic mass is 16.7. The standard InChI is InChI=1S/C22H24N4O5/c1-26-11-9-23-21(26)20(16-5-3-4-6-17(16)28-2)25-22(27)24-10-12-29-15-7-8-18-19(13-15)31-14-30-18/h3-9,11,13,20H,10,12,14H2,1-2H3,(H2,24,25,27). The van der Waals surface area contributed by atoms with Crippen molar-refractivity contribution in [1.82, 2.24) is 20.2 Å². The van der Waals surface area contributed by atoms with Crippen molar-refractivity contribution in [2.45, 2.75) is 6.04 Å². The number of benzene rings is 2. The van der Waals surface area contributed by atoms with E-state index < -0.39 is 6.04 Å². The molecule has 1 aliphatic heterocycles. The minimum absolute atomic E-state index is 0.212. The van der Waals surface area contributed by atoms with E-state index in [2.05, 4.69) is 15.6 Å². The minimum Gasteiger partial charge on any atom is -0.496 e. The molecular weight excluding hydrogens is 400 g/mol. The first-order valence-electron chi connectivity index (χ1n) is 9.82. The predicted molar refractivity (Wildman–Crippen MR) is 113 cm³/mol. The number of nitrogens with one attached hydrogen (secondary N) is 2. The van der Waals surface area contributed by atoms with Gasteiger partial charge in [0, 0.05) is 31.1 Å². The molecule has 4 rings (SSSR count). The lowest BCUT2D eigenvalue weighted by molar-refractivity contribution is 0.173. The Labute approximate surface area is 179 Å². The van der Waals surface area contributed by atoms with Gasteiger partial charge in [-0.15, -0.1) is 0 Å². The van der Waals surface area contributed by atoms with Crippen LogP contribution in [0.25, 0.3) is 0 Å². The number of amides is 2. The summed E-state index contributed by atoms with van der Waals surface area (Å²) in [5.74, 6) is 3.35. The van der Waals surface area contributed by atoms with Crippen molar-refractivity contribution in [3.8, 4) is 23.0 Å². The zero-order valence-electron chi connectivity index (χ0n) is 17.3. The predicted octanol–water partition coefficient (Wildman–Crippen LogP) is 2.63. The molecule has 0 bridgehead atoms. The second-order valence-corrected chi connectivity index (χ2v) is 6.84. The van der Waals surface area contributed by atoms with Gasteiger partial charge in [-0.1, -0.05) is 18.2 Å². The van der Waals surface area contributed by atoms with Crippen LogP contribution in [0.1, 0.15) is 17.4 Å². The maximum absolute atomic E-state index is 12.6. The Hall–Kier alpha value is -3.88. The maximum atomic E-state index is 12.6. The van der Waals surface area contributed by atoms with E-state index in [1.807, 2.05) is 42.1 Å². The molecule has 0 radical (unpaired) electrons. The molecule has 2 aromatic carbocycles. The molecule has 1 aliphatic rings. The van der Waals surface area contributed by atoms with Crippen LogP contribution in [0, 0.1) is 0 Å². The highest BCUT2D eigenvalue weighted by Gasteiger charge is 2.23. The Balaban J connectivity index is 1.36. The third-order valence-electron chi connectivity index (χ3n) is 4.84. The quantitative estimate of drug-likeness (QED) is 0.540. The maximum Gasteiger partial charge on any atom is 0.315 e. The number of para-hydroxylation sites is 1. The summed E-state index contributed by atoms with van der Waals surface area (Å²) >= 11 is 0. The number of carbonyl (C=O) groups is 1. The lowest BCUT2D eigenvalue weighted by Crippen LogP contribution is -2.40. The van der Waals surface area contributed by atoms with E-state index in [-0.39, 0.29) is 12.8 Å². The fourth-order valence-electron chi connectivity index (χ4n) is 3.32. The van der Waals surface area contributed by atoms with E-state index in [1.54, 1.807) is 31.5 Å². The molecule has 0 fully saturated rings. The summed E-state index contributed by atoms with van der Waals surface area (Å²) in [5, 5.41) is 5.79. The van der Waals surface area contributed by atoms with Gasteiger partial charge >= 0.3 is 6.03 Å². The molecule has 1 atom stereocenters. The number of carbonyl (C=O) groups excluding carboxylic acids is 1. The number of rotatable bonds is 8. The van der Waals surface area contributed by atoms with Crippen molar-refractivity contribution < 1.29 is 23.7 Å². The Bertz CT molecular complexity index is 1050. The zero-order chi connectivity index (χ0) is 21.6. The van der Waals surface area contributed by atoms with Crippen LogP contribution in [-0.4, -0.2) is 42.6 Å². The molecule has 2 amide bonds. The molecular formula is C22H24N4O5. The highest BCUT2D eigenvalue weighted by Crippen LogP contribution is 2.35. The largest absolute Gasteiger partial charge is 0.496 e. The fraction of sp³-hybridized carbons (Fsp3) is 0.273. The van der Waals surface area contributed by atoms with Crippen molar-refractivity contribution in [2.24, 2.45) is 7.05 Å². The van der Waals surface area contributed by atoms with E-state index in [9.17, 15) is 4.79 Å². The van der Waals surface area contributed by atoms with E-state index in [4.69, 9.17) is 18.9 Å². The molecule has 9 nitrogen and oxygen atoms in total. The van der Waals surface area contributed by atoms with Gasteiger partial charge in [0.05, 0.1) is 13.7 Å². The van der Waals surface area contributed by atoms with Gasteiger partial charge < -0.3 is 34.1 Å². The number of hydrogen-bond acceptors (Lipinski definition) is 6. The number of ether oxygens (including phenoxy) is 4. The molecule has 2 heterocycles. The number of aromatic nitrogens is 2. The number of aryl methyl sites for hydroxylation is 1. The summed E-state index contributed by atoms with van der Waals surface area (Å²) < 4.78 is 23.6.